The van der Waals surface area contributed by atoms with Crippen molar-refractivity contribution >= 4 is 11.8 Å². The van der Waals surface area contributed by atoms with Crippen LogP contribution in [0.25, 0.3) is 0 Å². The normalized spacial score (nSPS) is 32.3. The van der Waals surface area contributed by atoms with Crippen LogP contribution in [0.2, 0.25) is 0 Å². The first-order valence-corrected chi connectivity index (χ1v) is 8.86. The Bertz CT molecular complexity index is 576. The zero-order chi connectivity index (χ0) is 17.8. The van der Waals surface area contributed by atoms with Crippen LogP contribution < -0.4 is 0 Å². The first kappa shape index (κ1) is 18.5. The fourth-order valence-corrected chi connectivity index (χ4v) is 4.36. The first-order valence-electron chi connectivity index (χ1n) is 8.86. The molecule has 5 nitrogen and oxygen atoms in total. The summed E-state index contributed by atoms with van der Waals surface area (Å²) in [4.78, 5) is 24.5. The number of hydrogen-bond acceptors (Lipinski definition) is 5. The van der Waals surface area contributed by atoms with Crippen LogP contribution in [0.1, 0.15) is 59.3 Å². The van der Waals surface area contributed by atoms with Gasteiger partial charge in [0.05, 0.1) is 25.0 Å². The molecular weight excluding hydrogens is 306 g/mol. The van der Waals surface area contributed by atoms with E-state index in [1.54, 1.807) is 6.92 Å². The highest BCUT2D eigenvalue weighted by molar-refractivity contribution is 5.98. The molecule has 0 unspecified atom stereocenters. The second-order valence-electron chi connectivity index (χ2n) is 7.06. The van der Waals surface area contributed by atoms with Gasteiger partial charge in [-0.1, -0.05) is 13.3 Å². The number of nitrogens with zero attached hydrogens (tertiary/aromatic N) is 1. The van der Waals surface area contributed by atoms with Crippen molar-refractivity contribution in [3.63, 3.8) is 0 Å². The summed E-state index contributed by atoms with van der Waals surface area (Å²) in [6, 6.07) is 2.33. The smallest absolute Gasteiger partial charge is 0.305 e. The van der Waals surface area contributed by atoms with Gasteiger partial charge in [-0.25, -0.2) is 0 Å². The molecule has 0 heterocycles. The van der Waals surface area contributed by atoms with E-state index in [-0.39, 0.29) is 23.1 Å². The Hall–Kier alpha value is -1.83. The van der Waals surface area contributed by atoms with Crippen LogP contribution in [0.15, 0.2) is 11.8 Å². The van der Waals surface area contributed by atoms with Crippen LogP contribution in [-0.4, -0.2) is 25.0 Å². The van der Waals surface area contributed by atoms with E-state index >= 15 is 0 Å². The highest BCUT2D eigenvalue weighted by Gasteiger charge is 2.57. The van der Waals surface area contributed by atoms with E-state index < -0.39 is 5.41 Å². The van der Waals surface area contributed by atoms with Crippen LogP contribution >= 0.6 is 0 Å². The fraction of sp³-hybridized carbons (Fsp3) is 0.737. The Morgan fingerprint density at radius 1 is 1.38 bits per heavy atom. The Kier molecular flexibility index (Phi) is 5.69. The summed E-state index contributed by atoms with van der Waals surface area (Å²) < 4.78 is 10.6. The predicted molar refractivity (Wildman–Crippen MR) is 88.7 cm³/mol. The molecule has 2 rings (SSSR count). The van der Waals surface area contributed by atoms with Gasteiger partial charge < -0.3 is 9.47 Å². The number of nitriles is 1. The lowest BCUT2D eigenvalue weighted by Gasteiger charge is -2.51. The minimum absolute atomic E-state index is 0.114. The molecule has 0 aliphatic heterocycles. The second-order valence-corrected chi connectivity index (χ2v) is 7.06. The summed E-state index contributed by atoms with van der Waals surface area (Å²) in [6.45, 7) is 6.66. The lowest BCUT2D eigenvalue weighted by atomic mass is 9.50. The van der Waals surface area contributed by atoms with Crippen molar-refractivity contribution in [1.82, 2.24) is 0 Å². The largest absolute Gasteiger partial charge is 0.498 e. The molecule has 3 atom stereocenters. The third-order valence-corrected chi connectivity index (χ3v) is 5.63. The lowest BCUT2D eigenvalue weighted by Crippen LogP contribution is -2.51. The van der Waals surface area contributed by atoms with E-state index in [9.17, 15) is 14.9 Å². The highest BCUT2D eigenvalue weighted by atomic mass is 16.5. The minimum Gasteiger partial charge on any atom is -0.498 e. The molecule has 0 spiro atoms. The zero-order valence-electron chi connectivity index (χ0n) is 14.9. The molecule has 2 aliphatic carbocycles. The first-order chi connectivity index (χ1) is 11.4. The molecule has 1 fully saturated rings. The quantitative estimate of drug-likeness (QED) is 0.695. The van der Waals surface area contributed by atoms with E-state index in [2.05, 4.69) is 13.0 Å². The van der Waals surface area contributed by atoms with Gasteiger partial charge >= 0.3 is 5.97 Å². The van der Waals surface area contributed by atoms with Crippen molar-refractivity contribution in [3.8, 4) is 6.07 Å². The molecule has 2 aliphatic rings. The van der Waals surface area contributed by atoms with Gasteiger partial charge in [-0.3, -0.25) is 9.59 Å². The molecule has 5 heteroatoms. The summed E-state index contributed by atoms with van der Waals surface area (Å²) in [5.74, 6) is 0.209. The van der Waals surface area contributed by atoms with Crippen molar-refractivity contribution in [1.29, 1.82) is 5.26 Å². The number of carbonyl (C=O) groups is 2. The monoisotopic (exact) mass is 333 g/mol. The van der Waals surface area contributed by atoms with Crippen LogP contribution in [-0.2, 0) is 19.1 Å². The Labute approximate surface area is 144 Å². The molecule has 0 N–H and O–H groups in total. The predicted octanol–water partition coefficient (Wildman–Crippen LogP) is 3.54. The topological polar surface area (TPSA) is 76.4 Å². The number of hydrogen-bond donors (Lipinski definition) is 0. The van der Waals surface area contributed by atoms with E-state index in [1.807, 2.05) is 6.92 Å². The van der Waals surface area contributed by atoms with Gasteiger partial charge in [0, 0.05) is 18.9 Å². The Morgan fingerprint density at radius 2 is 2.12 bits per heavy atom. The third kappa shape index (κ3) is 3.33. The summed E-state index contributed by atoms with van der Waals surface area (Å²) in [5.41, 5.74) is -1.21. The van der Waals surface area contributed by atoms with Gasteiger partial charge in [0.1, 0.15) is 5.41 Å². The van der Waals surface area contributed by atoms with Crippen LogP contribution in [0.5, 0.6) is 0 Å². The van der Waals surface area contributed by atoms with Gasteiger partial charge in [-0.15, -0.1) is 0 Å². The second kappa shape index (κ2) is 7.38. The number of ether oxygens (including phenoxy) is 2. The van der Waals surface area contributed by atoms with E-state index in [4.69, 9.17) is 9.47 Å². The van der Waals surface area contributed by atoms with Crippen LogP contribution in [0, 0.1) is 28.1 Å². The van der Waals surface area contributed by atoms with Crippen molar-refractivity contribution in [2.24, 2.45) is 16.7 Å². The maximum Gasteiger partial charge on any atom is 0.305 e. The third-order valence-electron chi connectivity index (χ3n) is 5.63. The average Bonchev–Trinajstić information content (AvgIpc) is 2.55. The standard InChI is InChI=1S/C19H27NO4/c1-4-23-14-11-15-18(3,10-7-17(22)24-5-2)8-6-9-19(15,13-20)16(21)12-14/h12,15H,4-11H2,1-3H3/t15-,18-,19+/m0/s1. The molecular formula is C19H27NO4. The molecule has 24 heavy (non-hydrogen) atoms. The number of carbonyl (C=O) groups excluding carboxylic acids is 2. The molecule has 0 saturated heterocycles. The molecule has 0 radical (unpaired) electrons. The maximum atomic E-state index is 12.7. The van der Waals surface area contributed by atoms with E-state index in [1.165, 1.54) is 6.08 Å². The summed E-state index contributed by atoms with van der Waals surface area (Å²) in [7, 11) is 0. The zero-order valence-corrected chi connectivity index (χ0v) is 14.9. The summed E-state index contributed by atoms with van der Waals surface area (Å²) in [5, 5.41) is 9.82. The maximum absolute atomic E-state index is 12.7. The van der Waals surface area contributed by atoms with Crippen LogP contribution in [0.4, 0.5) is 0 Å². The Balaban J connectivity index is 2.27. The molecule has 0 aromatic rings. The van der Waals surface area contributed by atoms with Crippen molar-refractivity contribution in [3.05, 3.63) is 11.8 Å². The van der Waals surface area contributed by atoms with Gasteiger partial charge in [-0.05, 0) is 44.4 Å². The molecule has 1 saturated carbocycles. The lowest BCUT2D eigenvalue weighted by molar-refractivity contribution is -0.145. The minimum atomic E-state index is -0.970. The fourth-order valence-electron chi connectivity index (χ4n) is 4.36. The highest BCUT2D eigenvalue weighted by Crippen LogP contribution is 2.57. The van der Waals surface area contributed by atoms with Crippen molar-refractivity contribution in [2.45, 2.75) is 59.3 Å². The van der Waals surface area contributed by atoms with Crippen LogP contribution in [0.3, 0.4) is 0 Å². The number of ketones is 1. The molecule has 132 valence electrons. The van der Waals surface area contributed by atoms with Gasteiger partial charge in [0.15, 0.2) is 5.78 Å². The van der Waals surface area contributed by atoms with Crippen molar-refractivity contribution in [2.75, 3.05) is 13.2 Å². The van der Waals surface area contributed by atoms with E-state index in [0.717, 1.165) is 12.8 Å². The van der Waals surface area contributed by atoms with Gasteiger partial charge in [0.2, 0.25) is 0 Å². The Morgan fingerprint density at radius 3 is 2.75 bits per heavy atom. The number of rotatable bonds is 6. The van der Waals surface area contributed by atoms with Gasteiger partial charge in [0.25, 0.3) is 0 Å². The summed E-state index contributed by atoms with van der Waals surface area (Å²) in [6.07, 6.45) is 5.39. The summed E-state index contributed by atoms with van der Waals surface area (Å²) >= 11 is 0. The number of allylic oxidation sites excluding steroid dienone is 2. The van der Waals surface area contributed by atoms with Crippen molar-refractivity contribution < 1.29 is 19.1 Å². The molecule has 0 amide bonds. The molecule has 0 aromatic carbocycles. The molecule has 0 bridgehead atoms. The average molecular weight is 333 g/mol. The molecule has 0 aromatic heterocycles. The SMILES string of the molecule is CCOC(=O)CC[C@]1(C)CCC[C@]2(C#N)C(=O)C=C(OCC)C[C@@H]12. The van der Waals surface area contributed by atoms with E-state index in [0.29, 0.717) is 44.7 Å². The number of fused-ring (bicyclic) bond motifs is 1. The number of esters is 1. The van der Waals surface area contributed by atoms with Gasteiger partial charge in [-0.2, -0.15) is 5.26 Å².